The summed E-state index contributed by atoms with van der Waals surface area (Å²) in [6.07, 6.45) is 0. The third-order valence-electron chi connectivity index (χ3n) is 2.24. The van der Waals surface area contributed by atoms with Crippen LogP contribution in [-0.4, -0.2) is 81.6 Å². The predicted octanol–water partition coefficient (Wildman–Crippen LogP) is 1.38. The van der Waals surface area contributed by atoms with Crippen LogP contribution in [0.25, 0.3) is 0 Å². The lowest BCUT2D eigenvalue weighted by atomic mass is 10.5. The number of carbonyl (C=O) groups excluding carboxylic acids is 2. The van der Waals surface area contributed by atoms with Crippen LogP contribution in [0, 0.1) is 0 Å². The van der Waals surface area contributed by atoms with Crippen molar-refractivity contribution in [2.24, 2.45) is 0 Å². The fraction of sp³-hybridized carbons (Fsp3) is 0.600. The summed E-state index contributed by atoms with van der Waals surface area (Å²) in [6.45, 7) is 0.360. The fourth-order valence-electron chi connectivity index (χ4n) is 1.23. The molecule has 0 saturated heterocycles. The molecule has 114 valence electrons. The number of thiocarbonyl (C=S) groups is 2. The molecule has 0 aliphatic rings. The van der Waals surface area contributed by atoms with E-state index in [0.29, 0.717) is 0 Å². The van der Waals surface area contributed by atoms with Gasteiger partial charge in [0.1, 0.15) is 8.64 Å². The van der Waals surface area contributed by atoms with Crippen LogP contribution in [0.15, 0.2) is 0 Å². The van der Waals surface area contributed by atoms with Crippen molar-refractivity contribution in [2.75, 3.05) is 41.3 Å². The van der Waals surface area contributed by atoms with Gasteiger partial charge in [-0.2, -0.15) is 0 Å². The molecule has 0 aromatic rings. The van der Waals surface area contributed by atoms with E-state index < -0.39 is 0 Å². The summed E-state index contributed by atoms with van der Waals surface area (Å²) in [5, 5.41) is 0. The summed E-state index contributed by atoms with van der Waals surface area (Å²) in [5.41, 5.74) is 0. The summed E-state index contributed by atoms with van der Waals surface area (Å²) >= 11 is 17.9. The van der Waals surface area contributed by atoms with Crippen molar-refractivity contribution in [1.82, 2.24) is 19.6 Å². The molecule has 0 spiro atoms. The minimum atomic E-state index is -0.313. The molecule has 10 heteroatoms. The highest BCUT2D eigenvalue weighted by Gasteiger charge is 2.23. The molecule has 0 aliphatic carbocycles. The molecule has 0 aromatic heterocycles. The molecule has 0 fully saturated rings. The van der Waals surface area contributed by atoms with Gasteiger partial charge < -0.3 is 9.80 Å². The Bertz CT molecular complexity index is 376. The fourth-order valence-corrected chi connectivity index (χ4v) is 1.94. The number of amides is 4. The zero-order chi connectivity index (χ0) is 16.0. The first-order valence-electron chi connectivity index (χ1n) is 5.53. The Balaban J connectivity index is 4.90. The van der Waals surface area contributed by atoms with E-state index in [1.54, 1.807) is 28.2 Å². The maximum atomic E-state index is 11.9. The molecule has 0 aromatic carbocycles. The van der Waals surface area contributed by atoms with Gasteiger partial charge in [0.05, 0.1) is 0 Å². The van der Waals surface area contributed by atoms with Crippen molar-refractivity contribution in [2.45, 2.75) is 0 Å². The average molecular weight is 355 g/mol. The molecule has 6 nitrogen and oxygen atoms in total. The van der Waals surface area contributed by atoms with Crippen molar-refractivity contribution in [3.63, 3.8) is 0 Å². The number of hydrogen-bond acceptors (Lipinski definition) is 4. The van der Waals surface area contributed by atoms with E-state index in [4.69, 9.17) is 24.4 Å². The van der Waals surface area contributed by atoms with Crippen molar-refractivity contribution in [3.8, 4) is 0 Å². The second-order valence-electron chi connectivity index (χ2n) is 4.22. The lowest BCUT2D eigenvalue weighted by Crippen LogP contribution is -2.48. The summed E-state index contributed by atoms with van der Waals surface area (Å²) in [4.78, 5) is 29.1. The van der Waals surface area contributed by atoms with Crippen LogP contribution in [-0.2, 0) is 0 Å². The van der Waals surface area contributed by atoms with E-state index in [2.05, 4.69) is 25.3 Å². The molecule has 0 rings (SSSR count). The lowest BCUT2D eigenvalue weighted by Gasteiger charge is -2.29. The molecule has 0 bridgehead atoms. The maximum Gasteiger partial charge on any atom is 0.325 e. The molecule has 0 atom stereocenters. The Morgan fingerprint density at radius 2 is 1.05 bits per heavy atom. The molecule has 0 radical (unpaired) electrons. The second kappa shape index (κ2) is 8.65. The van der Waals surface area contributed by atoms with E-state index in [0.717, 1.165) is 0 Å². The number of hydrogen-bond donors (Lipinski definition) is 2. The van der Waals surface area contributed by atoms with E-state index in [1.807, 2.05) is 0 Å². The van der Waals surface area contributed by atoms with Gasteiger partial charge in [-0.1, -0.05) is 24.4 Å². The molecular weight excluding hydrogens is 336 g/mol. The van der Waals surface area contributed by atoms with Gasteiger partial charge in [0, 0.05) is 41.3 Å². The number of nitrogens with zero attached hydrogens (tertiary/aromatic N) is 4. The largest absolute Gasteiger partial charge is 0.330 e. The first-order chi connectivity index (χ1) is 9.09. The molecule has 4 amide bonds. The smallest absolute Gasteiger partial charge is 0.325 e. The summed E-state index contributed by atoms with van der Waals surface area (Å²) in [7, 11) is 6.42. The third kappa shape index (κ3) is 5.81. The van der Waals surface area contributed by atoms with E-state index in [9.17, 15) is 9.59 Å². The quantitative estimate of drug-likeness (QED) is 0.594. The Labute approximate surface area is 140 Å². The molecular formula is C10H18N4O2S4. The first-order valence-corrected chi connectivity index (χ1v) is 7.24. The van der Waals surface area contributed by atoms with Crippen LogP contribution < -0.4 is 0 Å². The molecule has 0 unspecified atom stereocenters. The van der Waals surface area contributed by atoms with Gasteiger partial charge in [0.2, 0.25) is 0 Å². The van der Waals surface area contributed by atoms with Gasteiger partial charge in [-0.25, -0.2) is 9.59 Å². The Kier molecular flexibility index (Phi) is 8.40. The highest BCUT2D eigenvalue weighted by atomic mass is 32.1. The number of thiol groups is 2. The van der Waals surface area contributed by atoms with Gasteiger partial charge >= 0.3 is 12.1 Å². The van der Waals surface area contributed by atoms with Crippen LogP contribution in [0.5, 0.6) is 0 Å². The Hall–Kier alpha value is -0.580. The van der Waals surface area contributed by atoms with Crippen LogP contribution >= 0.6 is 49.7 Å². The van der Waals surface area contributed by atoms with E-state index >= 15 is 0 Å². The van der Waals surface area contributed by atoms with Crippen LogP contribution in [0.1, 0.15) is 0 Å². The molecule has 0 saturated carbocycles. The second-order valence-corrected chi connectivity index (χ2v) is 6.45. The lowest BCUT2D eigenvalue weighted by molar-refractivity contribution is 0.184. The SMILES string of the molecule is CN(C)C(=O)N(CCN(C(=O)N(C)C)C(=S)S)C(=S)S. The summed E-state index contributed by atoms with van der Waals surface area (Å²) in [6, 6.07) is -0.625. The number of rotatable bonds is 3. The molecule has 20 heavy (non-hydrogen) atoms. The first kappa shape index (κ1) is 19.4. The van der Waals surface area contributed by atoms with Crippen molar-refractivity contribution < 1.29 is 9.59 Å². The highest BCUT2D eigenvalue weighted by molar-refractivity contribution is 8.11. The van der Waals surface area contributed by atoms with Gasteiger partial charge in [-0.15, -0.1) is 25.3 Å². The van der Waals surface area contributed by atoms with Crippen molar-refractivity contribution >= 4 is 70.4 Å². The monoisotopic (exact) mass is 354 g/mol. The van der Waals surface area contributed by atoms with Crippen LogP contribution in [0.4, 0.5) is 9.59 Å². The minimum absolute atomic E-state index is 0.131. The standard InChI is InChI=1S/C10H18N4O2S4/c1-11(2)7(15)13(9(17)18)5-6-14(10(19)20)8(16)12(3)4/h5-6H2,1-4H3,(H,17,18)(H,19,20). The van der Waals surface area contributed by atoms with Crippen molar-refractivity contribution in [1.29, 1.82) is 0 Å². The Morgan fingerprint density at radius 3 is 1.20 bits per heavy atom. The minimum Gasteiger partial charge on any atom is -0.330 e. The Morgan fingerprint density at radius 1 is 0.800 bits per heavy atom. The highest BCUT2D eigenvalue weighted by Crippen LogP contribution is 2.06. The van der Waals surface area contributed by atoms with Crippen molar-refractivity contribution in [3.05, 3.63) is 0 Å². The van der Waals surface area contributed by atoms with E-state index in [-0.39, 0.29) is 33.8 Å². The van der Waals surface area contributed by atoms with Crippen LogP contribution in [0.2, 0.25) is 0 Å². The van der Waals surface area contributed by atoms with Gasteiger partial charge in [-0.05, 0) is 0 Å². The molecule has 0 heterocycles. The molecule has 0 N–H and O–H groups in total. The summed E-state index contributed by atoms with van der Waals surface area (Å²) in [5.74, 6) is 0. The average Bonchev–Trinajstić information content (AvgIpc) is 2.31. The van der Waals surface area contributed by atoms with Crippen LogP contribution in [0.3, 0.4) is 0 Å². The van der Waals surface area contributed by atoms with Gasteiger partial charge in [-0.3, -0.25) is 9.80 Å². The number of carbonyl (C=O) groups is 2. The number of urea groups is 2. The third-order valence-corrected chi connectivity index (χ3v) is 3.16. The van der Waals surface area contributed by atoms with Gasteiger partial charge in [0.25, 0.3) is 0 Å². The predicted molar refractivity (Wildman–Crippen MR) is 94.7 cm³/mol. The summed E-state index contributed by atoms with van der Waals surface area (Å²) < 4.78 is 0.261. The normalized spacial score (nSPS) is 9.70. The maximum absolute atomic E-state index is 11.9. The van der Waals surface area contributed by atoms with E-state index in [1.165, 1.54) is 19.6 Å². The molecule has 0 aliphatic heterocycles. The zero-order valence-corrected chi connectivity index (χ0v) is 15.2. The van der Waals surface area contributed by atoms with Gasteiger partial charge in [0.15, 0.2) is 0 Å². The zero-order valence-electron chi connectivity index (χ0n) is 11.7. The topological polar surface area (TPSA) is 47.1 Å².